The lowest BCUT2D eigenvalue weighted by molar-refractivity contribution is -0.107. The van der Waals surface area contributed by atoms with Gasteiger partial charge in [-0.15, -0.1) is 0 Å². The normalized spacial score (nSPS) is 11.3. The number of fused-ring (bicyclic) bond motifs is 2. The number of para-hydroxylation sites is 2. The molecule has 0 spiro atoms. The smallest absolute Gasteiger partial charge is 0.164 e. The third-order valence-corrected chi connectivity index (χ3v) is 16.4. The van der Waals surface area contributed by atoms with Crippen molar-refractivity contribution in [3.63, 3.8) is 0 Å². The molecule has 493 valence electrons. The van der Waals surface area contributed by atoms with E-state index in [0.717, 1.165) is 77.4 Å². The van der Waals surface area contributed by atoms with Gasteiger partial charge in [0.1, 0.15) is 7.85 Å². The van der Waals surface area contributed by atoms with Crippen molar-refractivity contribution in [2.24, 2.45) is 0 Å². The second-order valence-electron chi connectivity index (χ2n) is 25.8. The van der Waals surface area contributed by atoms with Gasteiger partial charge in [0.15, 0.2) is 34.9 Å². The largest absolute Gasteiger partial charge is 0.387 e. The second-order valence-corrected chi connectivity index (χ2v) is 26.2. The average molecular weight is 1330 g/mol. The van der Waals surface area contributed by atoms with Gasteiger partial charge in [-0.05, 0) is 131 Å². The fraction of sp³-hybridized carbons (Fsp3) is 0.231. The van der Waals surface area contributed by atoms with Crippen LogP contribution in [0.2, 0.25) is 5.02 Å². The molecule has 0 aliphatic carbocycles. The predicted octanol–water partition coefficient (Wildman–Crippen LogP) is 13.3. The molecule has 12 rings (SSSR count). The lowest BCUT2D eigenvalue weighted by Gasteiger charge is -2.31. The standard InChI is InChI=1S/C30H19BN4.C30H19ClN4.3C6H14O2.2B2.B/c2*31-25-18-23(26-15-7-13-20-14-8-16-32-27(20)26)17-24(19-25)30-34-28(21-9-3-1-4-10-21)33-29(35-30)22-11-5-2-6-12-22;3*1-5(2,7)6(3,4)8;2*1-2;/h2*1-19H;3*7-8H,1-4H3;;;. The summed E-state index contributed by atoms with van der Waals surface area (Å²) in [7, 11) is 22.4. The molecule has 6 N–H and O–H groups in total. The van der Waals surface area contributed by atoms with Crippen molar-refractivity contribution in [2.75, 3.05) is 0 Å². The van der Waals surface area contributed by atoms with Gasteiger partial charge in [0.2, 0.25) is 0 Å². The Morgan fingerprint density at radius 1 is 0.283 bits per heavy atom. The zero-order valence-corrected chi connectivity index (χ0v) is 58.8. The number of nitrogens with zero attached hydrogens (tertiary/aromatic N) is 8. The number of pyridine rings is 2. The van der Waals surface area contributed by atoms with Gasteiger partial charge >= 0.3 is 0 Å². The van der Waals surface area contributed by atoms with E-state index in [0.29, 0.717) is 45.4 Å². The molecule has 0 atom stereocenters. The summed E-state index contributed by atoms with van der Waals surface area (Å²) in [6.45, 7) is 18.9. The minimum Gasteiger partial charge on any atom is -0.387 e. The Bertz CT molecular complexity index is 4020. The molecule has 0 bridgehead atoms. The Morgan fingerprint density at radius 2 is 0.515 bits per heavy atom. The molecule has 4 heterocycles. The molecule has 12 aromatic rings. The zero-order chi connectivity index (χ0) is 72.2. The zero-order valence-electron chi connectivity index (χ0n) is 58.0. The minimum atomic E-state index is -1.01. The quantitative estimate of drug-likeness (QED) is 0.0663. The van der Waals surface area contributed by atoms with Gasteiger partial charge in [-0.3, -0.25) is 9.97 Å². The molecular weight excluding hydrogens is 1250 g/mol. The van der Waals surface area contributed by atoms with E-state index in [1.807, 2.05) is 182 Å². The molecule has 0 amide bonds. The van der Waals surface area contributed by atoms with Crippen molar-refractivity contribution in [2.45, 2.75) is 117 Å². The van der Waals surface area contributed by atoms with Crippen LogP contribution in [0.25, 0.3) is 112 Å². The molecule has 4 aromatic heterocycles. The Labute approximate surface area is 596 Å². The third-order valence-electron chi connectivity index (χ3n) is 16.1. The number of aliphatic hydroxyl groups is 6. The highest BCUT2D eigenvalue weighted by Gasteiger charge is 2.33. The van der Waals surface area contributed by atoms with Crippen LogP contribution in [0.4, 0.5) is 0 Å². The molecule has 0 saturated heterocycles. The first kappa shape index (κ1) is 80.7. The number of aromatic nitrogens is 8. The Balaban J connectivity index is 0.000000258. The molecule has 0 aliphatic rings. The SMILES string of the molecule is CC(C)(O)C(C)(C)O.CC(C)(O)C(C)(C)O.CC(C)(O)C(C)(C)O.Clc1cc(-c2nc(-c3ccccc3)nc(-c3ccccc3)n2)cc(-c2cccc3cccnc23)c1.[B].[B][B].[B][B].[B]c1cc(-c2nc(-c3ccccc3)nc(-c3ccccc3)n2)cc(-c2cccc3cccnc23)c1. The fourth-order valence-corrected chi connectivity index (χ4v) is 8.60. The third kappa shape index (κ3) is 22.8. The molecule has 0 saturated carbocycles. The maximum atomic E-state index is 9.10. The summed E-state index contributed by atoms with van der Waals surface area (Å²) in [5.74, 6) is 3.59. The molecule has 0 aliphatic heterocycles. The van der Waals surface area contributed by atoms with Crippen LogP contribution in [0, 0.1) is 0 Å². The van der Waals surface area contributed by atoms with Crippen LogP contribution in [-0.4, -0.2) is 151 Å². The first-order valence-electron chi connectivity index (χ1n) is 31.4. The first-order valence-corrected chi connectivity index (χ1v) is 31.8. The summed E-state index contributed by atoms with van der Waals surface area (Å²) in [5.41, 5.74) is 5.73. The summed E-state index contributed by atoms with van der Waals surface area (Å²) in [5, 5.41) is 57.4. The summed E-state index contributed by atoms with van der Waals surface area (Å²) >= 11 is 6.62. The summed E-state index contributed by atoms with van der Waals surface area (Å²) in [4.78, 5) is 38.2. The highest BCUT2D eigenvalue weighted by Crippen LogP contribution is 2.35. The highest BCUT2D eigenvalue weighted by molar-refractivity contribution is 6.76. The Kier molecular flexibility index (Phi) is 29.1. The molecule has 14 nitrogen and oxygen atoms in total. The maximum Gasteiger partial charge on any atom is 0.164 e. The van der Waals surface area contributed by atoms with E-state index < -0.39 is 33.6 Å². The lowest BCUT2D eigenvalue weighted by atomic mass is 9.81. The Morgan fingerprint density at radius 3 is 0.798 bits per heavy atom. The summed E-state index contributed by atoms with van der Waals surface area (Å²) < 4.78 is 0. The predicted molar refractivity (Wildman–Crippen MR) is 411 cm³/mol. The van der Waals surface area contributed by atoms with E-state index in [2.05, 4.69) is 89.4 Å². The number of hydrogen-bond donors (Lipinski definition) is 6. The number of halogens is 1. The van der Waals surface area contributed by atoms with E-state index in [-0.39, 0.29) is 8.41 Å². The van der Waals surface area contributed by atoms with Crippen LogP contribution in [-0.2, 0) is 0 Å². The molecule has 99 heavy (non-hydrogen) atoms. The summed E-state index contributed by atoms with van der Waals surface area (Å²) in [6, 6.07) is 71.9. The van der Waals surface area contributed by atoms with Crippen molar-refractivity contribution in [1.29, 1.82) is 0 Å². The van der Waals surface area contributed by atoms with Gasteiger partial charge in [0, 0.05) is 112 Å². The van der Waals surface area contributed by atoms with Gasteiger partial charge in [-0.25, -0.2) is 29.9 Å². The van der Waals surface area contributed by atoms with Crippen molar-refractivity contribution < 1.29 is 30.6 Å². The van der Waals surface area contributed by atoms with Crippen LogP contribution in [0.15, 0.2) is 231 Å². The molecule has 21 heteroatoms. The first-order chi connectivity index (χ1) is 46.2. The second kappa shape index (κ2) is 35.7. The van der Waals surface area contributed by atoms with E-state index in [4.69, 9.17) is 80.0 Å². The molecule has 13 radical (unpaired) electrons. The summed E-state index contributed by atoms with van der Waals surface area (Å²) in [6.07, 6.45) is 3.62. The maximum absolute atomic E-state index is 9.10. The highest BCUT2D eigenvalue weighted by atomic mass is 35.5. The van der Waals surface area contributed by atoms with E-state index in [1.54, 1.807) is 83.1 Å². The van der Waals surface area contributed by atoms with Crippen molar-refractivity contribution >= 4 is 86.1 Å². The van der Waals surface area contributed by atoms with E-state index in [1.165, 1.54) is 0 Å². The van der Waals surface area contributed by atoms with E-state index in [9.17, 15) is 0 Å². The number of hydrogen-bond acceptors (Lipinski definition) is 14. The minimum absolute atomic E-state index is 0. The number of rotatable bonds is 11. The topological polar surface area (TPSA) is 224 Å². The molecule has 8 aromatic carbocycles. The van der Waals surface area contributed by atoms with Gasteiger partial charge in [0.05, 0.1) is 44.6 Å². The average Bonchev–Trinajstić information content (AvgIpc) is 0.790. The van der Waals surface area contributed by atoms with Crippen LogP contribution in [0.5, 0.6) is 0 Å². The van der Waals surface area contributed by atoms with Gasteiger partial charge in [0.25, 0.3) is 0 Å². The fourth-order valence-electron chi connectivity index (χ4n) is 8.36. The van der Waals surface area contributed by atoms with Crippen LogP contribution < -0.4 is 5.46 Å². The van der Waals surface area contributed by atoms with Crippen LogP contribution in [0.3, 0.4) is 0 Å². The van der Waals surface area contributed by atoms with Crippen molar-refractivity contribution in [1.82, 2.24) is 39.9 Å². The Hall–Kier alpha value is -8.96. The monoisotopic (exact) mass is 1330 g/mol. The van der Waals surface area contributed by atoms with Crippen molar-refractivity contribution in [3.8, 4) is 90.6 Å². The van der Waals surface area contributed by atoms with Crippen LogP contribution in [0.1, 0.15) is 83.1 Å². The van der Waals surface area contributed by atoms with E-state index >= 15 is 0 Å². The van der Waals surface area contributed by atoms with Crippen molar-refractivity contribution in [3.05, 3.63) is 236 Å². The lowest BCUT2D eigenvalue weighted by Crippen LogP contribution is -2.44. The number of benzene rings is 8. The van der Waals surface area contributed by atoms with Gasteiger partial charge in [-0.1, -0.05) is 199 Å². The molecule has 0 unspecified atom stereocenters. The van der Waals surface area contributed by atoms with Crippen LogP contribution >= 0.6 is 11.6 Å². The van der Waals surface area contributed by atoms with Gasteiger partial charge in [-0.2, -0.15) is 0 Å². The van der Waals surface area contributed by atoms with Gasteiger partial charge < -0.3 is 30.6 Å². The molecular formula is C78H80B6ClN8O6. The molecule has 0 fully saturated rings.